The Bertz CT molecular complexity index is 406. The highest BCUT2D eigenvalue weighted by Gasteiger charge is 2.45. The van der Waals surface area contributed by atoms with Gasteiger partial charge in [-0.2, -0.15) is 0 Å². The predicted molar refractivity (Wildman–Crippen MR) is 63.3 cm³/mol. The minimum absolute atomic E-state index is 0.0807. The first kappa shape index (κ1) is 13.2. The van der Waals surface area contributed by atoms with Crippen LogP contribution >= 0.6 is 0 Å². The van der Waals surface area contributed by atoms with E-state index in [0.29, 0.717) is 0 Å². The standard InChI is InChI=1S/C13H16O4/c1-4-7-17-12(16)13(3)6-5-9(2)8-10(13)11(14)15/h4-6,8,10H,1,7H2,2-3H3,(H,14,15). The van der Waals surface area contributed by atoms with Crippen molar-refractivity contribution in [2.45, 2.75) is 13.8 Å². The van der Waals surface area contributed by atoms with Gasteiger partial charge in [0, 0.05) is 0 Å². The Kier molecular flexibility index (Phi) is 3.89. The highest BCUT2D eigenvalue weighted by molar-refractivity contribution is 5.88. The molecule has 1 aliphatic carbocycles. The molecule has 4 nitrogen and oxygen atoms in total. The molecule has 0 fully saturated rings. The normalized spacial score (nSPS) is 27.2. The second kappa shape index (κ2) is 4.99. The molecular weight excluding hydrogens is 220 g/mol. The molecule has 0 aromatic heterocycles. The van der Waals surface area contributed by atoms with E-state index in [0.717, 1.165) is 5.57 Å². The van der Waals surface area contributed by atoms with Crippen LogP contribution < -0.4 is 0 Å². The molecular formula is C13H16O4. The molecule has 0 amide bonds. The van der Waals surface area contributed by atoms with E-state index in [4.69, 9.17) is 9.84 Å². The van der Waals surface area contributed by atoms with Gasteiger partial charge in [-0.1, -0.05) is 36.5 Å². The second-order valence-electron chi connectivity index (χ2n) is 4.23. The van der Waals surface area contributed by atoms with Crippen molar-refractivity contribution in [2.24, 2.45) is 11.3 Å². The smallest absolute Gasteiger partial charge is 0.317 e. The number of rotatable bonds is 4. The number of ether oxygens (including phenoxy) is 1. The topological polar surface area (TPSA) is 63.6 Å². The summed E-state index contributed by atoms with van der Waals surface area (Å²) >= 11 is 0. The summed E-state index contributed by atoms with van der Waals surface area (Å²) < 4.78 is 4.95. The van der Waals surface area contributed by atoms with E-state index in [9.17, 15) is 9.59 Å². The molecule has 0 heterocycles. The summed E-state index contributed by atoms with van der Waals surface area (Å²) in [6.07, 6.45) is 6.34. The summed E-state index contributed by atoms with van der Waals surface area (Å²) in [6.45, 7) is 6.88. The van der Waals surface area contributed by atoms with Crippen LogP contribution in [0.5, 0.6) is 0 Å². The van der Waals surface area contributed by atoms with Gasteiger partial charge in [0.05, 0.1) is 5.92 Å². The molecule has 0 bridgehead atoms. The first-order valence-electron chi connectivity index (χ1n) is 5.30. The molecule has 1 N–H and O–H groups in total. The van der Waals surface area contributed by atoms with Crippen LogP contribution in [-0.4, -0.2) is 23.7 Å². The molecule has 1 aliphatic rings. The Morgan fingerprint density at radius 3 is 2.82 bits per heavy atom. The number of carboxylic acids is 1. The van der Waals surface area contributed by atoms with E-state index in [-0.39, 0.29) is 6.61 Å². The first-order valence-corrected chi connectivity index (χ1v) is 5.30. The van der Waals surface area contributed by atoms with Crippen LogP contribution in [0.15, 0.2) is 36.5 Å². The van der Waals surface area contributed by atoms with Crippen molar-refractivity contribution in [1.82, 2.24) is 0 Å². The lowest BCUT2D eigenvalue weighted by atomic mass is 9.73. The SMILES string of the molecule is C=CCOC(=O)C1(C)C=CC(C)=CC1C(=O)O. The zero-order chi connectivity index (χ0) is 13.1. The average Bonchev–Trinajstić information content (AvgIpc) is 2.28. The van der Waals surface area contributed by atoms with Gasteiger partial charge in [-0.25, -0.2) is 0 Å². The van der Waals surface area contributed by atoms with Gasteiger partial charge in [0.2, 0.25) is 0 Å². The fourth-order valence-electron chi connectivity index (χ4n) is 1.71. The molecule has 0 saturated carbocycles. The van der Waals surface area contributed by atoms with Crippen molar-refractivity contribution >= 4 is 11.9 Å². The lowest BCUT2D eigenvalue weighted by molar-refractivity contribution is -0.159. The van der Waals surface area contributed by atoms with Gasteiger partial charge in [0.25, 0.3) is 0 Å². The number of carbonyl (C=O) groups is 2. The Hall–Kier alpha value is -1.84. The third-order valence-corrected chi connectivity index (χ3v) is 2.81. The van der Waals surface area contributed by atoms with E-state index < -0.39 is 23.3 Å². The lowest BCUT2D eigenvalue weighted by Crippen LogP contribution is -2.40. The number of hydrogen-bond donors (Lipinski definition) is 1. The van der Waals surface area contributed by atoms with E-state index in [1.165, 1.54) is 6.08 Å². The van der Waals surface area contributed by atoms with Crippen LogP contribution in [-0.2, 0) is 14.3 Å². The van der Waals surface area contributed by atoms with Crippen molar-refractivity contribution < 1.29 is 19.4 Å². The number of allylic oxidation sites excluding steroid dienone is 2. The van der Waals surface area contributed by atoms with E-state index in [1.54, 1.807) is 32.1 Å². The Labute approximate surface area is 100 Å². The molecule has 0 saturated heterocycles. The number of esters is 1. The van der Waals surface area contributed by atoms with Crippen LogP contribution in [0.3, 0.4) is 0 Å². The highest BCUT2D eigenvalue weighted by atomic mass is 16.5. The maximum Gasteiger partial charge on any atom is 0.317 e. The lowest BCUT2D eigenvalue weighted by Gasteiger charge is -2.30. The number of carboxylic acid groups (broad SMARTS) is 1. The monoisotopic (exact) mass is 236 g/mol. The fourth-order valence-corrected chi connectivity index (χ4v) is 1.71. The maximum absolute atomic E-state index is 11.9. The molecule has 0 spiro atoms. The maximum atomic E-state index is 11.9. The number of aliphatic carboxylic acids is 1. The minimum atomic E-state index is -1.16. The molecule has 0 aromatic rings. The Balaban J connectivity index is 3.00. The molecule has 2 unspecified atom stereocenters. The molecule has 1 rings (SSSR count). The largest absolute Gasteiger partial charge is 0.481 e. The summed E-state index contributed by atoms with van der Waals surface area (Å²) in [7, 11) is 0. The molecule has 0 aliphatic heterocycles. The highest BCUT2D eigenvalue weighted by Crippen LogP contribution is 2.36. The molecule has 0 radical (unpaired) electrons. The summed E-state index contributed by atoms with van der Waals surface area (Å²) in [5, 5.41) is 9.16. The van der Waals surface area contributed by atoms with Crippen molar-refractivity contribution in [3.8, 4) is 0 Å². The third kappa shape index (κ3) is 2.64. The molecule has 2 atom stereocenters. The summed E-state index contributed by atoms with van der Waals surface area (Å²) in [6, 6.07) is 0. The summed E-state index contributed by atoms with van der Waals surface area (Å²) in [5.41, 5.74) is -0.333. The van der Waals surface area contributed by atoms with Gasteiger partial charge in [-0.15, -0.1) is 0 Å². The molecule has 17 heavy (non-hydrogen) atoms. The van der Waals surface area contributed by atoms with Crippen LogP contribution in [0.4, 0.5) is 0 Å². The minimum Gasteiger partial charge on any atom is -0.481 e. The predicted octanol–water partition coefficient (Wildman–Crippen LogP) is 1.94. The van der Waals surface area contributed by atoms with Crippen molar-refractivity contribution in [1.29, 1.82) is 0 Å². The third-order valence-electron chi connectivity index (χ3n) is 2.81. The zero-order valence-corrected chi connectivity index (χ0v) is 9.97. The quantitative estimate of drug-likeness (QED) is 0.598. The van der Waals surface area contributed by atoms with Crippen LogP contribution in [0.25, 0.3) is 0 Å². The molecule has 0 aromatic carbocycles. The average molecular weight is 236 g/mol. The van der Waals surface area contributed by atoms with Crippen LogP contribution in [0.1, 0.15) is 13.8 Å². The van der Waals surface area contributed by atoms with Gasteiger partial charge < -0.3 is 9.84 Å². The molecule has 92 valence electrons. The van der Waals surface area contributed by atoms with Crippen molar-refractivity contribution in [3.05, 3.63) is 36.5 Å². The molecule has 4 heteroatoms. The second-order valence-corrected chi connectivity index (χ2v) is 4.23. The fraction of sp³-hybridized carbons (Fsp3) is 0.385. The van der Waals surface area contributed by atoms with E-state index in [1.807, 2.05) is 0 Å². The van der Waals surface area contributed by atoms with Crippen molar-refractivity contribution in [3.63, 3.8) is 0 Å². The van der Waals surface area contributed by atoms with Gasteiger partial charge in [0.15, 0.2) is 0 Å². The van der Waals surface area contributed by atoms with Gasteiger partial charge in [0.1, 0.15) is 12.0 Å². The zero-order valence-electron chi connectivity index (χ0n) is 9.97. The first-order chi connectivity index (χ1) is 7.91. The Morgan fingerprint density at radius 1 is 1.65 bits per heavy atom. The van der Waals surface area contributed by atoms with Gasteiger partial charge >= 0.3 is 11.9 Å². The summed E-state index contributed by atoms with van der Waals surface area (Å²) in [4.78, 5) is 23.1. The number of carbonyl (C=O) groups excluding carboxylic acids is 1. The Morgan fingerprint density at radius 2 is 2.29 bits per heavy atom. The van der Waals surface area contributed by atoms with E-state index >= 15 is 0 Å². The van der Waals surface area contributed by atoms with E-state index in [2.05, 4.69) is 6.58 Å². The van der Waals surface area contributed by atoms with Crippen molar-refractivity contribution in [2.75, 3.05) is 6.61 Å². The van der Waals surface area contributed by atoms with Gasteiger partial charge in [-0.05, 0) is 13.8 Å². The summed E-state index contributed by atoms with van der Waals surface area (Å²) in [5.74, 6) is -2.48. The van der Waals surface area contributed by atoms with Crippen LogP contribution in [0.2, 0.25) is 0 Å². The van der Waals surface area contributed by atoms with Crippen LogP contribution in [0, 0.1) is 11.3 Å². The number of hydrogen-bond acceptors (Lipinski definition) is 3. The van der Waals surface area contributed by atoms with Gasteiger partial charge in [-0.3, -0.25) is 9.59 Å².